The van der Waals surface area contributed by atoms with E-state index in [9.17, 15) is 18.0 Å². The van der Waals surface area contributed by atoms with E-state index >= 15 is 0 Å². The van der Waals surface area contributed by atoms with E-state index < -0.39 is 39.2 Å². The van der Waals surface area contributed by atoms with Crippen molar-refractivity contribution in [3.8, 4) is 0 Å². The normalized spacial score (nSPS) is 21.4. The summed E-state index contributed by atoms with van der Waals surface area (Å²) in [6, 6.07) is 14.2. The van der Waals surface area contributed by atoms with Crippen LogP contribution in [0.2, 0.25) is 0 Å². The van der Waals surface area contributed by atoms with Crippen LogP contribution in [0.1, 0.15) is 17.3 Å². The number of anilines is 2. The number of hydrogen-bond acceptors (Lipinski definition) is 7. The van der Waals surface area contributed by atoms with Gasteiger partial charge in [-0.15, -0.1) is 0 Å². The van der Waals surface area contributed by atoms with E-state index in [2.05, 4.69) is 25.6 Å². The third-order valence-electron chi connectivity index (χ3n) is 4.56. The van der Waals surface area contributed by atoms with Crippen LogP contribution in [0, 0.1) is 5.92 Å². The summed E-state index contributed by atoms with van der Waals surface area (Å²) < 4.78 is 32.8. The van der Waals surface area contributed by atoms with E-state index in [4.69, 9.17) is 0 Å². The van der Waals surface area contributed by atoms with Crippen molar-refractivity contribution < 1.29 is 22.7 Å². The van der Waals surface area contributed by atoms with Crippen LogP contribution in [0.15, 0.2) is 54.6 Å². The van der Waals surface area contributed by atoms with Gasteiger partial charge in [0.05, 0.1) is 18.6 Å². The maximum atomic E-state index is 12.8. The van der Waals surface area contributed by atoms with Crippen molar-refractivity contribution in [2.24, 2.45) is 5.92 Å². The van der Waals surface area contributed by atoms with E-state index in [0.29, 0.717) is 16.9 Å². The monoisotopic (exact) mass is 418 g/mol. The standard InChI is InChI=1S/C19H22N4O5S/c1-12-16(17(24)20-14-10-8-13(9-11-14)19(25)28-2)18(22-21-12)29(26,27)23-15-6-4-3-5-7-15/h3-12,16,18,21-23H,1-2H3,(H,20,24). The number of benzene rings is 2. The van der Waals surface area contributed by atoms with Crippen molar-refractivity contribution in [2.75, 3.05) is 17.1 Å². The molecule has 0 bridgehead atoms. The van der Waals surface area contributed by atoms with Crippen molar-refractivity contribution in [2.45, 2.75) is 18.3 Å². The number of nitrogens with one attached hydrogen (secondary N) is 4. The molecule has 154 valence electrons. The van der Waals surface area contributed by atoms with Crippen LogP contribution < -0.4 is 20.9 Å². The molecule has 1 amide bonds. The summed E-state index contributed by atoms with van der Waals surface area (Å²) in [7, 11) is -2.62. The zero-order valence-corrected chi connectivity index (χ0v) is 16.7. The molecule has 3 atom stereocenters. The fraction of sp³-hybridized carbons (Fsp3) is 0.263. The summed E-state index contributed by atoms with van der Waals surface area (Å²) in [5, 5.41) is 1.53. The molecule has 3 unspecified atom stereocenters. The fourth-order valence-electron chi connectivity index (χ4n) is 3.06. The number of carbonyl (C=O) groups excluding carboxylic acids is 2. The van der Waals surface area contributed by atoms with E-state index in [-0.39, 0.29) is 0 Å². The smallest absolute Gasteiger partial charge is 0.337 e. The zero-order chi connectivity index (χ0) is 21.0. The molecule has 1 saturated heterocycles. The van der Waals surface area contributed by atoms with Gasteiger partial charge in [0.2, 0.25) is 5.91 Å². The molecule has 3 rings (SSSR count). The molecule has 1 aliphatic heterocycles. The molecule has 1 fully saturated rings. The first-order valence-electron chi connectivity index (χ1n) is 8.89. The van der Waals surface area contributed by atoms with Crippen molar-refractivity contribution in [1.29, 1.82) is 0 Å². The minimum atomic E-state index is -3.90. The SMILES string of the molecule is COC(=O)c1ccc(NC(=O)C2C(C)NNC2S(=O)(=O)Nc2ccccc2)cc1. The third kappa shape index (κ3) is 4.73. The maximum Gasteiger partial charge on any atom is 0.337 e. The Hall–Kier alpha value is -2.95. The second-order valence-corrected chi connectivity index (χ2v) is 8.40. The summed E-state index contributed by atoms with van der Waals surface area (Å²) in [6.07, 6.45) is 0. The molecule has 2 aromatic rings. The number of amides is 1. The Balaban J connectivity index is 1.75. The van der Waals surface area contributed by atoms with E-state index in [0.717, 1.165) is 0 Å². The van der Waals surface area contributed by atoms with Crippen LogP contribution in [0.5, 0.6) is 0 Å². The first-order valence-corrected chi connectivity index (χ1v) is 10.4. The minimum Gasteiger partial charge on any atom is -0.465 e. The van der Waals surface area contributed by atoms with Gasteiger partial charge in [0.1, 0.15) is 0 Å². The molecular weight excluding hydrogens is 396 g/mol. The van der Waals surface area contributed by atoms with Crippen molar-refractivity contribution in [3.05, 3.63) is 60.2 Å². The van der Waals surface area contributed by atoms with Gasteiger partial charge in [-0.2, -0.15) is 0 Å². The van der Waals surface area contributed by atoms with Crippen molar-refractivity contribution in [1.82, 2.24) is 10.9 Å². The van der Waals surface area contributed by atoms with Crippen LogP contribution in [0.3, 0.4) is 0 Å². The van der Waals surface area contributed by atoms with Crippen LogP contribution in [-0.4, -0.2) is 38.8 Å². The van der Waals surface area contributed by atoms with Gasteiger partial charge >= 0.3 is 5.97 Å². The largest absolute Gasteiger partial charge is 0.465 e. The highest BCUT2D eigenvalue weighted by Gasteiger charge is 2.46. The van der Waals surface area contributed by atoms with E-state index in [1.165, 1.54) is 19.2 Å². The number of carbonyl (C=O) groups is 2. The van der Waals surface area contributed by atoms with Gasteiger partial charge in [-0.1, -0.05) is 18.2 Å². The van der Waals surface area contributed by atoms with Crippen LogP contribution in [0.25, 0.3) is 0 Å². The molecular formula is C19H22N4O5S. The molecule has 29 heavy (non-hydrogen) atoms. The van der Waals surface area contributed by atoms with Gasteiger partial charge in [0.25, 0.3) is 10.0 Å². The second-order valence-electron chi connectivity index (χ2n) is 6.60. The van der Waals surface area contributed by atoms with Gasteiger partial charge in [-0.3, -0.25) is 14.9 Å². The molecule has 4 N–H and O–H groups in total. The average molecular weight is 418 g/mol. The molecule has 0 radical (unpaired) electrons. The second kappa shape index (κ2) is 8.60. The molecule has 0 aliphatic carbocycles. The number of esters is 1. The summed E-state index contributed by atoms with van der Waals surface area (Å²) in [4.78, 5) is 24.3. The topological polar surface area (TPSA) is 126 Å². The van der Waals surface area contributed by atoms with E-state index in [1.54, 1.807) is 49.4 Å². The number of para-hydroxylation sites is 1. The molecule has 1 aliphatic rings. The number of rotatable bonds is 6. The first-order chi connectivity index (χ1) is 13.8. The molecule has 9 nitrogen and oxygen atoms in total. The molecule has 0 aromatic heterocycles. The molecule has 0 spiro atoms. The number of ether oxygens (including phenoxy) is 1. The lowest BCUT2D eigenvalue weighted by molar-refractivity contribution is -0.119. The number of hydrogen-bond donors (Lipinski definition) is 4. The average Bonchev–Trinajstić information content (AvgIpc) is 3.11. The molecule has 0 saturated carbocycles. The molecule has 2 aromatic carbocycles. The highest BCUT2D eigenvalue weighted by molar-refractivity contribution is 7.93. The molecule has 1 heterocycles. The fourth-order valence-corrected chi connectivity index (χ4v) is 4.62. The lowest BCUT2D eigenvalue weighted by atomic mass is 10.0. The zero-order valence-electron chi connectivity index (χ0n) is 15.9. The minimum absolute atomic E-state index is 0.343. The Morgan fingerprint density at radius 3 is 2.24 bits per heavy atom. The van der Waals surface area contributed by atoms with Gasteiger partial charge in [-0.25, -0.2) is 18.6 Å². The maximum absolute atomic E-state index is 12.8. The summed E-state index contributed by atoms with van der Waals surface area (Å²) in [5.41, 5.74) is 6.70. The van der Waals surface area contributed by atoms with Crippen LogP contribution >= 0.6 is 0 Å². The van der Waals surface area contributed by atoms with Gasteiger partial charge in [-0.05, 0) is 43.3 Å². The van der Waals surface area contributed by atoms with Gasteiger partial charge in [0.15, 0.2) is 5.37 Å². The first kappa shape index (κ1) is 20.8. The third-order valence-corrected chi connectivity index (χ3v) is 6.16. The number of hydrazine groups is 1. The predicted octanol–water partition coefficient (Wildman–Crippen LogP) is 1.29. The Morgan fingerprint density at radius 2 is 1.62 bits per heavy atom. The molecule has 10 heteroatoms. The Labute approximate surface area is 168 Å². The van der Waals surface area contributed by atoms with Crippen molar-refractivity contribution >= 4 is 33.3 Å². The summed E-state index contributed by atoms with van der Waals surface area (Å²) >= 11 is 0. The van der Waals surface area contributed by atoms with Crippen LogP contribution in [0.4, 0.5) is 11.4 Å². The highest BCUT2D eigenvalue weighted by Crippen LogP contribution is 2.23. The summed E-state index contributed by atoms with van der Waals surface area (Å²) in [6.45, 7) is 1.72. The number of methoxy groups -OCH3 is 1. The van der Waals surface area contributed by atoms with E-state index in [1.807, 2.05) is 0 Å². The quantitative estimate of drug-likeness (QED) is 0.521. The summed E-state index contributed by atoms with van der Waals surface area (Å²) in [5.74, 6) is -1.85. The van der Waals surface area contributed by atoms with Crippen LogP contribution in [-0.2, 0) is 19.6 Å². The highest BCUT2D eigenvalue weighted by atomic mass is 32.2. The Morgan fingerprint density at radius 1 is 0.966 bits per heavy atom. The van der Waals surface area contributed by atoms with Gasteiger partial charge < -0.3 is 10.1 Å². The van der Waals surface area contributed by atoms with Crippen molar-refractivity contribution in [3.63, 3.8) is 0 Å². The van der Waals surface area contributed by atoms with Gasteiger partial charge in [0, 0.05) is 17.4 Å². The number of sulfonamides is 1. The lowest BCUT2D eigenvalue weighted by Gasteiger charge is -2.21. The lowest BCUT2D eigenvalue weighted by Crippen LogP contribution is -2.45. The Bertz CT molecular complexity index is 979. The predicted molar refractivity (Wildman–Crippen MR) is 108 cm³/mol. The Kier molecular flexibility index (Phi) is 6.16.